The van der Waals surface area contributed by atoms with Crippen molar-refractivity contribution in [1.29, 1.82) is 0 Å². The molecule has 0 saturated carbocycles. The van der Waals surface area contributed by atoms with Gasteiger partial charge in [0.25, 0.3) is 0 Å². The van der Waals surface area contributed by atoms with E-state index in [2.05, 4.69) is 41.5 Å². The van der Waals surface area contributed by atoms with E-state index in [1.807, 2.05) is 30.3 Å². The first kappa shape index (κ1) is 17.3. The Morgan fingerprint density at radius 1 is 0.917 bits per heavy atom. The van der Waals surface area contributed by atoms with E-state index in [4.69, 9.17) is 4.52 Å². The molecule has 0 fully saturated rings. The Labute approximate surface area is 144 Å². The second-order valence-electron chi connectivity index (χ2n) is 8.53. The SMILES string of the molecule is CC(C)(C)c1ccc2c(c1)-c1cccc(C(C)(C)C)c1OP2(=O)O. The average molecular weight is 344 g/mol. The molecule has 24 heavy (non-hydrogen) atoms. The van der Waals surface area contributed by atoms with Crippen LogP contribution in [0.2, 0.25) is 0 Å². The van der Waals surface area contributed by atoms with E-state index in [1.54, 1.807) is 6.07 Å². The summed E-state index contributed by atoms with van der Waals surface area (Å²) < 4.78 is 18.4. The Kier molecular flexibility index (Phi) is 3.75. The highest BCUT2D eigenvalue weighted by Gasteiger charge is 2.37. The molecule has 3 rings (SSSR count). The van der Waals surface area contributed by atoms with Gasteiger partial charge in [-0.2, -0.15) is 0 Å². The van der Waals surface area contributed by atoms with Crippen LogP contribution >= 0.6 is 7.60 Å². The minimum absolute atomic E-state index is 0.0332. The van der Waals surface area contributed by atoms with Crippen LogP contribution in [0.15, 0.2) is 36.4 Å². The molecule has 0 saturated heterocycles. The molecule has 0 bridgehead atoms. The van der Waals surface area contributed by atoms with Crippen molar-refractivity contribution in [2.24, 2.45) is 0 Å². The number of benzene rings is 2. The number of rotatable bonds is 0. The summed E-state index contributed by atoms with van der Waals surface area (Å²) >= 11 is 0. The smallest absolute Gasteiger partial charge is 0.408 e. The molecule has 1 unspecified atom stereocenters. The van der Waals surface area contributed by atoms with Gasteiger partial charge in [0.1, 0.15) is 5.75 Å². The van der Waals surface area contributed by atoms with Gasteiger partial charge >= 0.3 is 7.60 Å². The molecule has 1 atom stereocenters. The van der Waals surface area contributed by atoms with Crippen LogP contribution in [0.4, 0.5) is 0 Å². The van der Waals surface area contributed by atoms with Crippen molar-refractivity contribution >= 4 is 12.9 Å². The van der Waals surface area contributed by atoms with Crippen LogP contribution in [-0.2, 0) is 15.4 Å². The standard InChI is InChI=1S/C20H25O3P/c1-19(2,3)13-10-11-17-15(12-13)14-8-7-9-16(20(4,5)6)18(14)23-24(17,21)22/h7-12H,1-6H3,(H,21,22). The number of fused-ring (bicyclic) bond motifs is 3. The van der Waals surface area contributed by atoms with Crippen LogP contribution in [0.3, 0.4) is 0 Å². The molecule has 2 aromatic rings. The maximum atomic E-state index is 12.8. The quantitative estimate of drug-likeness (QED) is 0.672. The van der Waals surface area contributed by atoms with Gasteiger partial charge in [0, 0.05) is 16.7 Å². The van der Waals surface area contributed by atoms with Crippen molar-refractivity contribution in [3.8, 4) is 16.9 Å². The predicted octanol–water partition coefficient (Wildman–Crippen LogP) is 5.15. The fraction of sp³-hybridized carbons (Fsp3) is 0.400. The molecule has 1 aliphatic heterocycles. The van der Waals surface area contributed by atoms with Crippen LogP contribution in [0, 0.1) is 0 Å². The van der Waals surface area contributed by atoms with Crippen LogP contribution < -0.4 is 9.83 Å². The lowest BCUT2D eigenvalue weighted by Crippen LogP contribution is -2.22. The second kappa shape index (κ2) is 5.21. The summed E-state index contributed by atoms with van der Waals surface area (Å²) in [6, 6.07) is 11.6. The minimum Gasteiger partial charge on any atom is -0.420 e. The van der Waals surface area contributed by atoms with Gasteiger partial charge in [-0.1, -0.05) is 65.8 Å². The zero-order valence-electron chi connectivity index (χ0n) is 15.2. The number of para-hydroxylation sites is 1. The lowest BCUT2D eigenvalue weighted by molar-refractivity contribution is 0.386. The summed E-state index contributed by atoms with van der Waals surface area (Å²) in [4.78, 5) is 10.5. The molecule has 1 N–H and O–H groups in total. The van der Waals surface area contributed by atoms with E-state index in [1.165, 1.54) is 0 Å². The number of hydrogen-bond donors (Lipinski definition) is 1. The Morgan fingerprint density at radius 2 is 1.58 bits per heavy atom. The van der Waals surface area contributed by atoms with Crippen molar-refractivity contribution < 1.29 is 14.0 Å². The fourth-order valence-electron chi connectivity index (χ4n) is 3.08. The van der Waals surface area contributed by atoms with Gasteiger partial charge in [-0.15, -0.1) is 0 Å². The molecule has 0 spiro atoms. The molecule has 3 nitrogen and oxygen atoms in total. The minimum atomic E-state index is -3.88. The lowest BCUT2D eigenvalue weighted by Gasteiger charge is -2.31. The molecular weight excluding hydrogens is 319 g/mol. The zero-order valence-corrected chi connectivity index (χ0v) is 16.1. The molecule has 1 heterocycles. The molecule has 2 aromatic carbocycles. The molecule has 128 valence electrons. The summed E-state index contributed by atoms with van der Waals surface area (Å²) in [6.45, 7) is 12.7. The molecule has 0 radical (unpaired) electrons. The molecule has 1 aliphatic rings. The van der Waals surface area contributed by atoms with Crippen LogP contribution in [-0.4, -0.2) is 4.89 Å². The third kappa shape index (κ3) is 2.81. The Morgan fingerprint density at radius 3 is 2.17 bits per heavy atom. The first-order valence-corrected chi connectivity index (χ1v) is 9.80. The topological polar surface area (TPSA) is 46.5 Å². The summed E-state index contributed by atoms with van der Waals surface area (Å²) in [5.74, 6) is 0.536. The average Bonchev–Trinajstić information content (AvgIpc) is 2.44. The first-order valence-electron chi connectivity index (χ1n) is 8.22. The van der Waals surface area contributed by atoms with Crippen LogP contribution in [0.25, 0.3) is 11.1 Å². The fourth-order valence-corrected chi connectivity index (χ4v) is 4.37. The zero-order chi connectivity index (χ0) is 17.9. The third-order valence-electron chi connectivity index (χ3n) is 4.50. The highest BCUT2D eigenvalue weighted by Crippen LogP contribution is 2.54. The Bertz CT molecular complexity index is 854. The molecule has 0 amide bonds. The Balaban J connectivity index is 2.34. The maximum Gasteiger partial charge on any atom is 0.408 e. The van der Waals surface area contributed by atoms with Crippen LogP contribution in [0.5, 0.6) is 5.75 Å². The van der Waals surface area contributed by atoms with Gasteiger partial charge in [-0.25, -0.2) is 4.57 Å². The molecule has 0 aliphatic carbocycles. The third-order valence-corrected chi connectivity index (χ3v) is 5.92. The van der Waals surface area contributed by atoms with Gasteiger partial charge < -0.3 is 9.42 Å². The molecule has 4 heteroatoms. The van der Waals surface area contributed by atoms with Crippen molar-refractivity contribution in [3.63, 3.8) is 0 Å². The predicted molar refractivity (Wildman–Crippen MR) is 99.4 cm³/mol. The van der Waals surface area contributed by atoms with Crippen molar-refractivity contribution in [3.05, 3.63) is 47.5 Å². The highest BCUT2D eigenvalue weighted by atomic mass is 31.2. The first-order chi connectivity index (χ1) is 10.9. The van der Waals surface area contributed by atoms with E-state index in [0.29, 0.717) is 11.1 Å². The van der Waals surface area contributed by atoms with Gasteiger partial charge in [0.2, 0.25) is 0 Å². The van der Waals surface area contributed by atoms with Crippen molar-refractivity contribution in [1.82, 2.24) is 0 Å². The largest absolute Gasteiger partial charge is 0.420 e. The second-order valence-corrected chi connectivity index (χ2v) is 10.2. The van der Waals surface area contributed by atoms with Crippen LogP contribution in [0.1, 0.15) is 52.7 Å². The Hall–Kier alpha value is -1.57. The highest BCUT2D eigenvalue weighted by molar-refractivity contribution is 7.62. The summed E-state index contributed by atoms with van der Waals surface area (Å²) in [5.41, 5.74) is 3.57. The van der Waals surface area contributed by atoms with E-state index >= 15 is 0 Å². The summed E-state index contributed by atoms with van der Waals surface area (Å²) in [5, 5.41) is 0.383. The van der Waals surface area contributed by atoms with Gasteiger partial charge in [0.05, 0.1) is 5.30 Å². The van der Waals surface area contributed by atoms with Gasteiger partial charge in [-0.3, -0.25) is 0 Å². The van der Waals surface area contributed by atoms with E-state index in [-0.39, 0.29) is 10.8 Å². The summed E-state index contributed by atoms with van der Waals surface area (Å²) in [6.07, 6.45) is 0. The van der Waals surface area contributed by atoms with E-state index in [9.17, 15) is 9.46 Å². The lowest BCUT2D eigenvalue weighted by atomic mass is 9.82. The van der Waals surface area contributed by atoms with E-state index < -0.39 is 7.60 Å². The van der Waals surface area contributed by atoms with Gasteiger partial charge in [-0.05, 0) is 28.5 Å². The summed E-state index contributed by atoms with van der Waals surface area (Å²) in [7, 11) is -3.88. The van der Waals surface area contributed by atoms with E-state index in [0.717, 1.165) is 22.3 Å². The normalized spacial score (nSPS) is 20.1. The molecule has 0 aromatic heterocycles. The molecular formula is C20H25O3P. The van der Waals surface area contributed by atoms with Crippen molar-refractivity contribution in [2.75, 3.05) is 0 Å². The van der Waals surface area contributed by atoms with Gasteiger partial charge in [0.15, 0.2) is 0 Å². The maximum absolute atomic E-state index is 12.8. The number of hydrogen-bond acceptors (Lipinski definition) is 2. The monoisotopic (exact) mass is 344 g/mol. The van der Waals surface area contributed by atoms with Crippen molar-refractivity contribution in [2.45, 2.75) is 52.4 Å².